The van der Waals surface area contributed by atoms with Crippen molar-refractivity contribution in [3.63, 3.8) is 0 Å². The summed E-state index contributed by atoms with van der Waals surface area (Å²) in [5, 5.41) is 9.65. The summed E-state index contributed by atoms with van der Waals surface area (Å²) in [5.41, 5.74) is 1.11. The predicted octanol–water partition coefficient (Wildman–Crippen LogP) is 2.75. The summed E-state index contributed by atoms with van der Waals surface area (Å²) in [6, 6.07) is 0. The van der Waals surface area contributed by atoms with Crippen molar-refractivity contribution in [3.05, 3.63) is 11.6 Å². The van der Waals surface area contributed by atoms with Gasteiger partial charge in [0.2, 0.25) is 0 Å². The van der Waals surface area contributed by atoms with E-state index in [1.54, 1.807) is 0 Å². The Morgan fingerprint density at radius 2 is 2.00 bits per heavy atom. The topological polar surface area (TPSA) is 20.2 Å². The lowest BCUT2D eigenvalue weighted by Gasteiger charge is -2.17. The van der Waals surface area contributed by atoms with Crippen LogP contribution in [0.15, 0.2) is 11.6 Å². The van der Waals surface area contributed by atoms with Crippen molar-refractivity contribution in [2.24, 2.45) is 5.92 Å². The highest BCUT2D eigenvalue weighted by Crippen LogP contribution is 2.15. The second kappa shape index (κ2) is 5.36. The van der Waals surface area contributed by atoms with Crippen LogP contribution in [0, 0.1) is 5.92 Å². The van der Waals surface area contributed by atoms with Gasteiger partial charge in [0.25, 0.3) is 0 Å². The van der Waals surface area contributed by atoms with Gasteiger partial charge < -0.3 is 5.11 Å². The molecular formula is C10H20O. The Kier molecular flexibility index (Phi) is 5.22. The maximum Gasteiger partial charge on any atom is 0.0772 e. The van der Waals surface area contributed by atoms with Crippen LogP contribution in [-0.4, -0.2) is 11.2 Å². The molecule has 0 aliphatic rings. The van der Waals surface area contributed by atoms with Crippen LogP contribution in [0.5, 0.6) is 0 Å². The van der Waals surface area contributed by atoms with E-state index in [0.717, 1.165) is 18.4 Å². The Bertz CT molecular complexity index is 127. The summed E-state index contributed by atoms with van der Waals surface area (Å²) in [5.74, 6) is 0.387. The second-order valence-electron chi connectivity index (χ2n) is 3.19. The number of hydrogen-bond donors (Lipinski definition) is 1. The van der Waals surface area contributed by atoms with Crippen molar-refractivity contribution in [1.29, 1.82) is 0 Å². The van der Waals surface area contributed by atoms with Gasteiger partial charge >= 0.3 is 0 Å². The van der Waals surface area contributed by atoms with Gasteiger partial charge in [-0.25, -0.2) is 0 Å². The third kappa shape index (κ3) is 3.57. The molecule has 0 radical (unpaired) electrons. The van der Waals surface area contributed by atoms with Gasteiger partial charge in [0, 0.05) is 0 Å². The summed E-state index contributed by atoms with van der Waals surface area (Å²) in [7, 11) is 0. The third-order valence-electron chi connectivity index (χ3n) is 2.18. The lowest BCUT2D eigenvalue weighted by Crippen LogP contribution is -2.17. The Labute approximate surface area is 70.1 Å². The van der Waals surface area contributed by atoms with E-state index < -0.39 is 0 Å². The quantitative estimate of drug-likeness (QED) is 0.620. The normalized spacial score (nSPS) is 18.1. The molecule has 0 spiro atoms. The molecule has 0 aromatic rings. The molecule has 0 aliphatic heterocycles. The first-order valence-electron chi connectivity index (χ1n) is 4.48. The summed E-state index contributed by atoms with van der Waals surface area (Å²) >= 11 is 0. The Morgan fingerprint density at radius 3 is 2.36 bits per heavy atom. The maximum atomic E-state index is 9.65. The van der Waals surface area contributed by atoms with Gasteiger partial charge in [-0.1, -0.05) is 33.3 Å². The van der Waals surface area contributed by atoms with E-state index in [1.807, 2.05) is 6.92 Å². The van der Waals surface area contributed by atoms with Crippen LogP contribution < -0.4 is 0 Å². The van der Waals surface area contributed by atoms with E-state index in [9.17, 15) is 5.11 Å². The van der Waals surface area contributed by atoms with Crippen LogP contribution in [0.3, 0.4) is 0 Å². The molecule has 1 N–H and O–H groups in total. The zero-order valence-electron chi connectivity index (χ0n) is 8.09. The molecule has 0 saturated heterocycles. The fourth-order valence-corrected chi connectivity index (χ4v) is 1.11. The molecule has 11 heavy (non-hydrogen) atoms. The Hall–Kier alpha value is -0.300. The van der Waals surface area contributed by atoms with Crippen molar-refractivity contribution in [3.8, 4) is 0 Å². The summed E-state index contributed by atoms with van der Waals surface area (Å²) < 4.78 is 0. The molecule has 2 atom stereocenters. The number of rotatable bonds is 4. The highest BCUT2D eigenvalue weighted by Gasteiger charge is 2.12. The zero-order chi connectivity index (χ0) is 8.85. The maximum absolute atomic E-state index is 9.65. The summed E-state index contributed by atoms with van der Waals surface area (Å²) in [4.78, 5) is 0. The van der Waals surface area contributed by atoms with E-state index in [1.165, 1.54) is 0 Å². The van der Waals surface area contributed by atoms with E-state index in [4.69, 9.17) is 0 Å². The van der Waals surface area contributed by atoms with Crippen LogP contribution in [0.1, 0.15) is 40.5 Å². The minimum atomic E-state index is -0.236. The minimum Gasteiger partial charge on any atom is -0.388 e. The molecule has 0 aliphatic carbocycles. The lowest BCUT2D eigenvalue weighted by atomic mass is 9.96. The molecule has 2 unspecified atom stereocenters. The van der Waals surface area contributed by atoms with E-state index >= 15 is 0 Å². The first-order valence-corrected chi connectivity index (χ1v) is 4.48. The van der Waals surface area contributed by atoms with Crippen LogP contribution in [0.2, 0.25) is 0 Å². The van der Waals surface area contributed by atoms with Crippen molar-refractivity contribution >= 4 is 0 Å². The molecule has 1 heteroatoms. The van der Waals surface area contributed by atoms with Crippen LogP contribution >= 0.6 is 0 Å². The van der Waals surface area contributed by atoms with E-state index in [2.05, 4.69) is 26.8 Å². The highest BCUT2D eigenvalue weighted by atomic mass is 16.3. The fraction of sp³-hybridized carbons (Fsp3) is 0.800. The molecule has 66 valence electrons. The van der Waals surface area contributed by atoms with Gasteiger partial charge in [0.05, 0.1) is 6.10 Å². The number of aliphatic hydroxyl groups is 1. The second-order valence-corrected chi connectivity index (χ2v) is 3.19. The molecule has 0 aromatic carbocycles. The SMILES string of the molecule is CC/C=C(\C)C(O)C(C)CC. The number of aliphatic hydroxyl groups excluding tert-OH is 1. The largest absolute Gasteiger partial charge is 0.388 e. The van der Waals surface area contributed by atoms with Gasteiger partial charge in [-0.15, -0.1) is 0 Å². The zero-order valence-corrected chi connectivity index (χ0v) is 8.09. The van der Waals surface area contributed by atoms with Gasteiger partial charge in [-0.3, -0.25) is 0 Å². The third-order valence-corrected chi connectivity index (χ3v) is 2.18. The molecule has 0 aromatic heterocycles. The molecule has 0 bridgehead atoms. The van der Waals surface area contributed by atoms with E-state index in [-0.39, 0.29) is 6.10 Å². The highest BCUT2D eigenvalue weighted by molar-refractivity contribution is 5.05. The molecule has 0 rings (SSSR count). The summed E-state index contributed by atoms with van der Waals surface area (Å²) in [6.07, 6.45) is 3.91. The van der Waals surface area contributed by atoms with Crippen molar-refractivity contribution in [2.75, 3.05) is 0 Å². The molecule has 0 amide bonds. The molecule has 1 nitrogen and oxygen atoms in total. The van der Waals surface area contributed by atoms with Crippen LogP contribution in [0.4, 0.5) is 0 Å². The van der Waals surface area contributed by atoms with Gasteiger partial charge in [-0.2, -0.15) is 0 Å². The minimum absolute atomic E-state index is 0.236. The Morgan fingerprint density at radius 1 is 1.45 bits per heavy atom. The van der Waals surface area contributed by atoms with Gasteiger partial charge in [0.1, 0.15) is 0 Å². The first-order chi connectivity index (χ1) is 5.13. The van der Waals surface area contributed by atoms with Crippen LogP contribution in [0.25, 0.3) is 0 Å². The number of hydrogen-bond acceptors (Lipinski definition) is 1. The predicted molar refractivity (Wildman–Crippen MR) is 49.5 cm³/mol. The average Bonchev–Trinajstić information content (AvgIpc) is 2.02. The Balaban J connectivity index is 4.00. The van der Waals surface area contributed by atoms with Crippen molar-refractivity contribution < 1.29 is 5.11 Å². The van der Waals surface area contributed by atoms with Crippen molar-refractivity contribution in [1.82, 2.24) is 0 Å². The monoisotopic (exact) mass is 156 g/mol. The van der Waals surface area contributed by atoms with Gasteiger partial charge in [-0.05, 0) is 24.8 Å². The summed E-state index contributed by atoms with van der Waals surface area (Å²) in [6.45, 7) is 8.28. The molecular weight excluding hydrogens is 136 g/mol. The molecule has 0 fully saturated rings. The average molecular weight is 156 g/mol. The first kappa shape index (κ1) is 10.7. The fourth-order valence-electron chi connectivity index (χ4n) is 1.11. The van der Waals surface area contributed by atoms with Crippen molar-refractivity contribution in [2.45, 2.75) is 46.6 Å². The van der Waals surface area contributed by atoms with E-state index in [0.29, 0.717) is 5.92 Å². The lowest BCUT2D eigenvalue weighted by molar-refractivity contribution is 0.148. The van der Waals surface area contributed by atoms with Gasteiger partial charge in [0.15, 0.2) is 0 Å². The molecule has 0 heterocycles. The molecule has 0 saturated carbocycles. The van der Waals surface area contributed by atoms with Crippen LogP contribution in [-0.2, 0) is 0 Å². The smallest absolute Gasteiger partial charge is 0.0772 e. The number of allylic oxidation sites excluding steroid dienone is 1. The standard InChI is InChI=1S/C10H20O/c1-5-7-9(4)10(11)8(3)6-2/h7-8,10-11H,5-6H2,1-4H3/b9-7+.